The van der Waals surface area contributed by atoms with E-state index < -0.39 is 5.97 Å². The van der Waals surface area contributed by atoms with Crippen LogP contribution < -0.4 is 0 Å². The van der Waals surface area contributed by atoms with Gasteiger partial charge >= 0.3 is 0 Å². The van der Waals surface area contributed by atoms with Crippen LogP contribution in [0.2, 0.25) is 0 Å². The number of carbonyl (C=O) groups is 1. The van der Waals surface area contributed by atoms with Gasteiger partial charge in [-0.15, -0.1) is 0 Å². The highest BCUT2D eigenvalue weighted by atomic mass is 16.4. The highest BCUT2D eigenvalue weighted by molar-refractivity contribution is 5.62. The van der Waals surface area contributed by atoms with E-state index in [-0.39, 0.29) is 6.61 Å². The number of rotatable bonds is 1. The first-order chi connectivity index (χ1) is 5.56. The summed E-state index contributed by atoms with van der Waals surface area (Å²) < 4.78 is 4.98. The van der Waals surface area contributed by atoms with Gasteiger partial charge in [0, 0.05) is 6.92 Å². The van der Waals surface area contributed by atoms with E-state index in [1.807, 2.05) is 13.0 Å². The molecule has 0 aliphatic heterocycles. The van der Waals surface area contributed by atoms with Crippen molar-refractivity contribution in [3.05, 3.63) is 23.7 Å². The second-order valence-electron chi connectivity index (χ2n) is 2.19. The Labute approximate surface area is 70.4 Å². The summed E-state index contributed by atoms with van der Waals surface area (Å²) >= 11 is 0. The number of carboxylic acids is 1. The molecule has 1 aromatic rings. The van der Waals surface area contributed by atoms with Crippen molar-refractivity contribution in [3.63, 3.8) is 0 Å². The van der Waals surface area contributed by atoms with Gasteiger partial charge < -0.3 is 14.6 Å². The van der Waals surface area contributed by atoms with Gasteiger partial charge in [0.1, 0.15) is 18.1 Å². The summed E-state index contributed by atoms with van der Waals surface area (Å²) in [4.78, 5) is 9.00. The molecule has 0 bridgehead atoms. The maximum absolute atomic E-state index is 9.00. The summed E-state index contributed by atoms with van der Waals surface area (Å²) in [6.45, 7) is 2.92. The van der Waals surface area contributed by atoms with Crippen LogP contribution in [0.5, 0.6) is 0 Å². The van der Waals surface area contributed by atoms with E-state index in [1.165, 1.54) is 0 Å². The zero-order valence-corrected chi connectivity index (χ0v) is 7.07. The summed E-state index contributed by atoms with van der Waals surface area (Å²) in [7, 11) is 0. The van der Waals surface area contributed by atoms with Crippen molar-refractivity contribution in [3.8, 4) is 0 Å². The predicted octanol–water partition coefficient (Wildman–Crippen LogP) is 1.17. The van der Waals surface area contributed by atoms with Crippen LogP contribution in [0.3, 0.4) is 0 Å². The Kier molecular flexibility index (Phi) is 4.79. The first-order valence-electron chi connectivity index (χ1n) is 3.42. The standard InChI is InChI=1S/C6H8O2.C2H4O2/c1-5-2-3-6(4-7)8-5;1-2(3)4/h2-3,7H,4H2,1H3;1H3,(H,3,4). The zero-order valence-electron chi connectivity index (χ0n) is 7.07. The van der Waals surface area contributed by atoms with Crippen molar-refractivity contribution < 1.29 is 19.4 Å². The van der Waals surface area contributed by atoms with Gasteiger partial charge in [0.25, 0.3) is 5.97 Å². The third kappa shape index (κ3) is 5.49. The smallest absolute Gasteiger partial charge is 0.300 e. The van der Waals surface area contributed by atoms with Gasteiger partial charge in [-0.25, -0.2) is 0 Å². The van der Waals surface area contributed by atoms with E-state index >= 15 is 0 Å². The summed E-state index contributed by atoms with van der Waals surface area (Å²) in [6, 6.07) is 3.58. The van der Waals surface area contributed by atoms with Crippen LogP contribution in [0.4, 0.5) is 0 Å². The highest BCUT2D eigenvalue weighted by Crippen LogP contribution is 2.04. The molecule has 0 aliphatic carbocycles. The number of aliphatic carboxylic acids is 1. The molecule has 0 atom stereocenters. The monoisotopic (exact) mass is 172 g/mol. The van der Waals surface area contributed by atoms with Crippen LogP contribution >= 0.6 is 0 Å². The van der Waals surface area contributed by atoms with Crippen LogP contribution in [0.15, 0.2) is 16.5 Å². The minimum atomic E-state index is -0.833. The molecule has 0 spiro atoms. The first kappa shape index (κ1) is 10.7. The molecule has 4 nitrogen and oxygen atoms in total. The number of aliphatic hydroxyl groups excluding tert-OH is 1. The van der Waals surface area contributed by atoms with Crippen molar-refractivity contribution in [2.45, 2.75) is 20.5 Å². The predicted molar refractivity (Wildman–Crippen MR) is 42.7 cm³/mol. The molecule has 1 heterocycles. The number of carboxylic acid groups (broad SMARTS) is 1. The summed E-state index contributed by atoms with van der Waals surface area (Å²) in [5.74, 6) is 0.636. The topological polar surface area (TPSA) is 70.7 Å². The summed E-state index contributed by atoms with van der Waals surface area (Å²) in [5.41, 5.74) is 0. The van der Waals surface area contributed by atoms with Crippen LogP contribution in [-0.4, -0.2) is 16.2 Å². The lowest BCUT2D eigenvalue weighted by molar-refractivity contribution is -0.134. The molecule has 0 saturated carbocycles. The molecule has 1 rings (SSSR count). The third-order valence-electron chi connectivity index (χ3n) is 0.952. The Morgan fingerprint density at radius 2 is 2.08 bits per heavy atom. The molecule has 1 aromatic heterocycles. The molecule has 0 aromatic carbocycles. The van der Waals surface area contributed by atoms with Crippen LogP contribution in [0, 0.1) is 6.92 Å². The van der Waals surface area contributed by atoms with Gasteiger partial charge in [-0.3, -0.25) is 4.79 Å². The largest absolute Gasteiger partial charge is 0.481 e. The summed E-state index contributed by atoms with van der Waals surface area (Å²) in [6.07, 6.45) is 0. The van der Waals surface area contributed by atoms with E-state index in [1.54, 1.807) is 6.07 Å². The molecule has 0 saturated heterocycles. The number of hydrogen-bond donors (Lipinski definition) is 2. The minimum Gasteiger partial charge on any atom is -0.481 e. The molecular formula is C8H12O4. The van der Waals surface area contributed by atoms with Crippen molar-refractivity contribution in [2.75, 3.05) is 0 Å². The number of hydrogen-bond acceptors (Lipinski definition) is 3. The number of aryl methyl sites for hydroxylation is 1. The fraction of sp³-hybridized carbons (Fsp3) is 0.375. The van der Waals surface area contributed by atoms with E-state index in [0.717, 1.165) is 12.7 Å². The van der Waals surface area contributed by atoms with Crippen molar-refractivity contribution in [2.24, 2.45) is 0 Å². The minimum absolute atomic E-state index is 0.00611. The number of furan rings is 1. The van der Waals surface area contributed by atoms with E-state index in [2.05, 4.69) is 0 Å². The molecule has 0 unspecified atom stereocenters. The number of aliphatic hydroxyl groups is 1. The van der Waals surface area contributed by atoms with Crippen molar-refractivity contribution in [1.82, 2.24) is 0 Å². The van der Waals surface area contributed by atoms with Crippen molar-refractivity contribution in [1.29, 1.82) is 0 Å². The maximum atomic E-state index is 9.00. The quantitative estimate of drug-likeness (QED) is 0.667. The van der Waals surface area contributed by atoms with E-state index in [4.69, 9.17) is 19.4 Å². The molecule has 4 heteroatoms. The lowest BCUT2D eigenvalue weighted by atomic mass is 10.4. The molecule has 12 heavy (non-hydrogen) atoms. The maximum Gasteiger partial charge on any atom is 0.300 e. The van der Waals surface area contributed by atoms with Gasteiger partial charge in [0.05, 0.1) is 0 Å². The second-order valence-corrected chi connectivity index (χ2v) is 2.19. The normalized spacial score (nSPS) is 8.58. The Hall–Kier alpha value is -1.29. The van der Waals surface area contributed by atoms with Gasteiger partial charge in [-0.2, -0.15) is 0 Å². The Morgan fingerprint density at radius 3 is 2.25 bits per heavy atom. The lowest BCUT2D eigenvalue weighted by Crippen LogP contribution is -1.78. The average Bonchev–Trinajstić information content (AvgIpc) is 2.34. The Balaban J connectivity index is 0.000000261. The van der Waals surface area contributed by atoms with Crippen LogP contribution in [0.25, 0.3) is 0 Å². The Bertz CT molecular complexity index is 235. The fourth-order valence-electron chi connectivity index (χ4n) is 0.570. The van der Waals surface area contributed by atoms with Crippen LogP contribution in [0.1, 0.15) is 18.4 Å². The van der Waals surface area contributed by atoms with Gasteiger partial charge in [0.2, 0.25) is 0 Å². The van der Waals surface area contributed by atoms with Crippen molar-refractivity contribution >= 4 is 5.97 Å². The molecule has 68 valence electrons. The lowest BCUT2D eigenvalue weighted by Gasteiger charge is -1.82. The highest BCUT2D eigenvalue weighted by Gasteiger charge is 1.92. The second kappa shape index (κ2) is 5.37. The van der Waals surface area contributed by atoms with E-state index in [9.17, 15) is 0 Å². The summed E-state index contributed by atoms with van der Waals surface area (Å²) in [5, 5.41) is 15.9. The molecule has 2 N–H and O–H groups in total. The third-order valence-corrected chi connectivity index (χ3v) is 0.952. The molecule has 0 fully saturated rings. The first-order valence-corrected chi connectivity index (χ1v) is 3.42. The fourth-order valence-corrected chi connectivity index (χ4v) is 0.570. The van der Waals surface area contributed by atoms with Gasteiger partial charge in [-0.05, 0) is 19.1 Å². The zero-order chi connectivity index (χ0) is 9.56. The molecule has 0 amide bonds. The SMILES string of the molecule is CC(=O)O.Cc1ccc(CO)o1. The molecule has 0 radical (unpaired) electrons. The Morgan fingerprint density at radius 1 is 1.58 bits per heavy atom. The van der Waals surface area contributed by atoms with Gasteiger partial charge in [0.15, 0.2) is 0 Å². The average molecular weight is 172 g/mol. The molecule has 0 aliphatic rings. The van der Waals surface area contributed by atoms with Crippen LogP contribution in [-0.2, 0) is 11.4 Å². The molecular weight excluding hydrogens is 160 g/mol. The van der Waals surface area contributed by atoms with Gasteiger partial charge in [-0.1, -0.05) is 0 Å². The van der Waals surface area contributed by atoms with E-state index in [0.29, 0.717) is 5.76 Å².